The molecule has 0 amide bonds. The van der Waals surface area contributed by atoms with Gasteiger partial charge in [-0.25, -0.2) is 4.79 Å². The SMILES string of the molecule is CCCCC#CC1=C(c2ccc(OC)cc2)C(=O)OC1. The molecule has 1 aliphatic rings. The van der Waals surface area contributed by atoms with Crippen molar-refractivity contribution in [1.29, 1.82) is 0 Å². The maximum Gasteiger partial charge on any atom is 0.340 e. The van der Waals surface area contributed by atoms with Gasteiger partial charge < -0.3 is 9.47 Å². The van der Waals surface area contributed by atoms with Gasteiger partial charge in [0.05, 0.1) is 18.3 Å². The first-order chi connectivity index (χ1) is 9.76. The first-order valence-corrected chi connectivity index (χ1v) is 6.79. The van der Waals surface area contributed by atoms with Crippen molar-refractivity contribution in [3.05, 3.63) is 35.4 Å². The Morgan fingerprint density at radius 1 is 1.30 bits per heavy atom. The van der Waals surface area contributed by atoms with Crippen molar-refractivity contribution in [3.8, 4) is 17.6 Å². The van der Waals surface area contributed by atoms with E-state index < -0.39 is 0 Å². The molecule has 0 aliphatic carbocycles. The number of cyclic esters (lactones) is 1. The number of ether oxygens (including phenoxy) is 2. The molecule has 3 heteroatoms. The fourth-order valence-electron chi connectivity index (χ4n) is 1.99. The highest BCUT2D eigenvalue weighted by atomic mass is 16.5. The third-order valence-corrected chi connectivity index (χ3v) is 3.13. The summed E-state index contributed by atoms with van der Waals surface area (Å²) in [6.45, 7) is 2.41. The highest BCUT2D eigenvalue weighted by Crippen LogP contribution is 2.27. The number of unbranched alkanes of at least 4 members (excludes halogenated alkanes) is 2. The van der Waals surface area contributed by atoms with Crippen molar-refractivity contribution in [2.45, 2.75) is 26.2 Å². The van der Waals surface area contributed by atoms with Crippen LogP contribution in [0.2, 0.25) is 0 Å². The summed E-state index contributed by atoms with van der Waals surface area (Å²) < 4.78 is 10.2. The molecule has 0 aromatic heterocycles. The Kier molecular flexibility index (Phi) is 4.84. The van der Waals surface area contributed by atoms with Crippen molar-refractivity contribution >= 4 is 11.5 Å². The van der Waals surface area contributed by atoms with Crippen LogP contribution in [0.5, 0.6) is 5.75 Å². The Bertz CT molecular complexity index is 570. The molecule has 1 aromatic carbocycles. The number of carbonyl (C=O) groups is 1. The number of carbonyl (C=O) groups excluding carboxylic acids is 1. The molecular formula is C17H18O3. The summed E-state index contributed by atoms with van der Waals surface area (Å²) >= 11 is 0. The summed E-state index contributed by atoms with van der Waals surface area (Å²) in [6.07, 6.45) is 3.05. The third-order valence-electron chi connectivity index (χ3n) is 3.13. The van der Waals surface area contributed by atoms with Gasteiger partial charge in [-0.3, -0.25) is 0 Å². The Morgan fingerprint density at radius 2 is 2.05 bits per heavy atom. The van der Waals surface area contributed by atoms with E-state index in [1.54, 1.807) is 7.11 Å². The normalized spacial score (nSPS) is 13.8. The number of hydrogen-bond acceptors (Lipinski definition) is 3. The molecule has 0 bridgehead atoms. The average molecular weight is 270 g/mol. The molecule has 1 heterocycles. The van der Waals surface area contributed by atoms with Crippen molar-refractivity contribution in [1.82, 2.24) is 0 Å². The second-order valence-electron chi connectivity index (χ2n) is 4.56. The van der Waals surface area contributed by atoms with Crippen LogP contribution < -0.4 is 4.74 Å². The minimum atomic E-state index is -0.296. The van der Waals surface area contributed by atoms with Gasteiger partial charge in [-0.2, -0.15) is 0 Å². The second-order valence-corrected chi connectivity index (χ2v) is 4.56. The van der Waals surface area contributed by atoms with Gasteiger partial charge in [0.2, 0.25) is 0 Å². The number of rotatable bonds is 4. The molecule has 0 radical (unpaired) electrons. The van der Waals surface area contributed by atoms with E-state index in [0.717, 1.165) is 36.1 Å². The predicted octanol–water partition coefficient (Wildman–Crippen LogP) is 3.20. The first-order valence-electron chi connectivity index (χ1n) is 6.79. The summed E-state index contributed by atoms with van der Waals surface area (Å²) in [6, 6.07) is 7.37. The Labute approximate surface area is 119 Å². The second kappa shape index (κ2) is 6.81. The van der Waals surface area contributed by atoms with Crippen LogP contribution in [0.4, 0.5) is 0 Å². The van der Waals surface area contributed by atoms with Crippen LogP contribution >= 0.6 is 0 Å². The van der Waals surface area contributed by atoms with Crippen molar-refractivity contribution in [3.63, 3.8) is 0 Å². The fourth-order valence-corrected chi connectivity index (χ4v) is 1.99. The smallest absolute Gasteiger partial charge is 0.340 e. The van der Waals surface area contributed by atoms with Crippen LogP contribution in [0.1, 0.15) is 31.7 Å². The lowest BCUT2D eigenvalue weighted by molar-refractivity contribution is -0.134. The lowest BCUT2D eigenvalue weighted by Crippen LogP contribution is -1.98. The molecule has 0 spiro atoms. The van der Waals surface area contributed by atoms with Gasteiger partial charge in [0, 0.05) is 6.42 Å². The van der Waals surface area contributed by atoms with E-state index >= 15 is 0 Å². The molecule has 3 nitrogen and oxygen atoms in total. The molecule has 0 unspecified atom stereocenters. The summed E-state index contributed by atoms with van der Waals surface area (Å²) in [5.41, 5.74) is 2.18. The van der Waals surface area contributed by atoms with Gasteiger partial charge in [-0.05, 0) is 24.1 Å². The summed E-state index contributed by atoms with van der Waals surface area (Å²) in [5.74, 6) is 6.65. The van der Waals surface area contributed by atoms with E-state index in [-0.39, 0.29) is 12.6 Å². The lowest BCUT2D eigenvalue weighted by Gasteiger charge is -2.02. The number of benzene rings is 1. The summed E-state index contributed by atoms with van der Waals surface area (Å²) in [4.78, 5) is 11.8. The van der Waals surface area contributed by atoms with Crippen LogP contribution in [0.25, 0.3) is 5.57 Å². The standard InChI is InChI=1S/C17H18O3/c1-3-4-5-6-7-14-12-20-17(18)16(14)13-8-10-15(19-2)11-9-13/h8-11H,3-5,12H2,1-2H3. The Hall–Kier alpha value is -2.21. The largest absolute Gasteiger partial charge is 0.497 e. The molecule has 1 aliphatic heterocycles. The molecule has 0 fully saturated rings. The van der Waals surface area contributed by atoms with Crippen LogP contribution in [0.15, 0.2) is 29.8 Å². The minimum Gasteiger partial charge on any atom is -0.497 e. The van der Waals surface area contributed by atoms with Gasteiger partial charge in [0.1, 0.15) is 12.4 Å². The third kappa shape index (κ3) is 3.21. The maximum atomic E-state index is 11.8. The minimum absolute atomic E-state index is 0.277. The first kappa shape index (κ1) is 14.2. The molecule has 0 saturated carbocycles. The number of methoxy groups -OCH3 is 1. The molecular weight excluding hydrogens is 252 g/mol. The summed E-state index contributed by atoms with van der Waals surface area (Å²) in [7, 11) is 1.61. The maximum absolute atomic E-state index is 11.8. The van der Waals surface area contributed by atoms with Crippen LogP contribution in [0.3, 0.4) is 0 Å². The molecule has 0 N–H and O–H groups in total. The molecule has 1 aromatic rings. The summed E-state index contributed by atoms with van der Waals surface area (Å²) in [5, 5.41) is 0. The zero-order valence-electron chi connectivity index (χ0n) is 11.9. The van der Waals surface area contributed by atoms with Gasteiger partial charge in [-0.1, -0.05) is 37.3 Å². The highest BCUT2D eigenvalue weighted by molar-refractivity contribution is 6.20. The molecule has 0 saturated heterocycles. The van der Waals surface area contributed by atoms with E-state index in [1.807, 2.05) is 24.3 Å². The van der Waals surface area contributed by atoms with Crippen LogP contribution in [0, 0.1) is 11.8 Å². The van der Waals surface area contributed by atoms with Gasteiger partial charge in [-0.15, -0.1) is 0 Å². The number of hydrogen-bond donors (Lipinski definition) is 0. The van der Waals surface area contributed by atoms with Crippen molar-refractivity contribution in [2.75, 3.05) is 13.7 Å². The molecule has 2 rings (SSSR count). The van der Waals surface area contributed by atoms with Crippen LogP contribution in [-0.4, -0.2) is 19.7 Å². The Morgan fingerprint density at radius 3 is 2.70 bits per heavy atom. The zero-order valence-corrected chi connectivity index (χ0v) is 11.9. The average Bonchev–Trinajstić information content (AvgIpc) is 2.85. The van der Waals surface area contributed by atoms with Gasteiger partial charge in [0.15, 0.2) is 0 Å². The molecule has 0 atom stereocenters. The predicted molar refractivity (Wildman–Crippen MR) is 78.2 cm³/mol. The lowest BCUT2D eigenvalue weighted by atomic mass is 10.0. The topological polar surface area (TPSA) is 35.5 Å². The van der Waals surface area contributed by atoms with E-state index in [9.17, 15) is 4.79 Å². The van der Waals surface area contributed by atoms with Gasteiger partial charge >= 0.3 is 5.97 Å². The Balaban J connectivity index is 2.27. The van der Waals surface area contributed by atoms with Crippen molar-refractivity contribution < 1.29 is 14.3 Å². The van der Waals surface area contributed by atoms with E-state index in [4.69, 9.17) is 9.47 Å². The molecule has 20 heavy (non-hydrogen) atoms. The van der Waals surface area contributed by atoms with Gasteiger partial charge in [0.25, 0.3) is 0 Å². The quantitative estimate of drug-likeness (QED) is 0.479. The number of esters is 1. The monoisotopic (exact) mass is 270 g/mol. The van der Waals surface area contributed by atoms with E-state index in [0.29, 0.717) is 5.57 Å². The van der Waals surface area contributed by atoms with Crippen LogP contribution in [-0.2, 0) is 9.53 Å². The molecule has 104 valence electrons. The fraction of sp³-hybridized carbons (Fsp3) is 0.353. The van der Waals surface area contributed by atoms with Crippen molar-refractivity contribution in [2.24, 2.45) is 0 Å². The zero-order chi connectivity index (χ0) is 14.4. The highest BCUT2D eigenvalue weighted by Gasteiger charge is 2.25. The van der Waals surface area contributed by atoms with E-state index in [1.165, 1.54) is 0 Å². The van der Waals surface area contributed by atoms with E-state index in [2.05, 4.69) is 18.8 Å².